The Balaban J connectivity index is 1.96. The second kappa shape index (κ2) is 5.45. The van der Waals surface area contributed by atoms with E-state index in [1.807, 2.05) is 0 Å². The molecule has 0 amide bonds. The van der Waals surface area contributed by atoms with Gasteiger partial charge in [0, 0.05) is 5.02 Å². The topological polar surface area (TPSA) is 20.3 Å². The molecule has 108 valence electrons. The molecule has 3 rings (SSSR count). The number of nitrogens with zero attached hydrogens (tertiary/aromatic N) is 1. The lowest BCUT2D eigenvalue weighted by atomic mass is 9.85. The minimum absolute atomic E-state index is 0.0499. The van der Waals surface area contributed by atoms with Crippen molar-refractivity contribution < 1.29 is 9.18 Å². The molecule has 0 bridgehead atoms. The van der Waals surface area contributed by atoms with Gasteiger partial charge in [0.25, 0.3) is 0 Å². The summed E-state index contributed by atoms with van der Waals surface area (Å²) in [5.74, 6) is -0.543. The number of carbonyl (C=O) groups is 1. The first-order valence-electron chi connectivity index (χ1n) is 7.38. The molecule has 1 aromatic carbocycles. The van der Waals surface area contributed by atoms with Crippen LogP contribution in [0.4, 0.5) is 4.39 Å². The van der Waals surface area contributed by atoms with Crippen molar-refractivity contribution in [1.82, 2.24) is 4.90 Å². The van der Waals surface area contributed by atoms with Crippen LogP contribution in [0.1, 0.15) is 48.9 Å². The Morgan fingerprint density at radius 1 is 1.15 bits per heavy atom. The van der Waals surface area contributed by atoms with E-state index in [2.05, 4.69) is 4.90 Å². The Bertz CT molecular complexity index is 519. The van der Waals surface area contributed by atoms with Gasteiger partial charge in [0.1, 0.15) is 5.82 Å². The summed E-state index contributed by atoms with van der Waals surface area (Å²) in [5.41, 5.74) is -0.270. The van der Waals surface area contributed by atoms with E-state index in [1.165, 1.54) is 12.1 Å². The van der Waals surface area contributed by atoms with Gasteiger partial charge in [-0.3, -0.25) is 9.69 Å². The molecule has 2 nitrogen and oxygen atoms in total. The fraction of sp³-hybridized carbons (Fsp3) is 0.562. The van der Waals surface area contributed by atoms with Crippen LogP contribution in [0.25, 0.3) is 0 Å². The molecule has 4 heteroatoms. The number of rotatable bonds is 3. The molecule has 0 atom stereocenters. The maximum atomic E-state index is 14.1. The summed E-state index contributed by atoms with van der Waals surface area (Å²) in [6, 6.07) is 4.38. The molecule has 2 aliphatic rings. The number of halogens is 2. The van der Waals surface area contributed by atoms with Crippen LogP contribution in [0, 0.1) is 5.82 Å². The molecule has 1 saturated heterocycles. The first kappa shape index (κ1) is 14.0. The van der Waals surface area contributed by atoms with Crippen molar-refractivity contribution in [1.29, 1.82) is 0 Å². The van der Waals surface area contributed by atoms with E-state index in [0.717, 1.165) is 51.6 Å². The summed E-state index contributed by atoms with van der Waals surface area (Å²) < 4.78 is 14.1. The maximum absolute atomic E-state index is 14.1. The zero-order valence-electron chi connectivity index (χ0n) is 11.5. The highest BCUT2D eigenvalue weighted by atomic mass is 35.5. The van der Waals surface area contributed by atoms with Crippen molar-refractivity contribution in [3.05, 3.63) is 34.6 Å². The highest BCUT2D eigenvalue weighted by molar-refractivity contribution is 6.30. The summed E-state index contributed by atoms with van der Waals surface area (Å²) >= 11 is 5.78. The van der Waals surface area contributed by atoms with E-state index in [1.54, 1.807) is 6.07 Å². The molecule has 0 spiro atoms. The third-order valence-corrected chi connectivity index (χ3v) is 4.98. The van der Waals surface area contributed by atoms with Crippen molar-refractivity contribution in [2.24, 2.45) is 0 Å². The average molecular weight is 296 g/mol. The fourth-order valence-corrected chi connectivity index (χ4v) is 3.88. The molecule has 1 aromatic rings. The molecular weight excluding hydrogens is 277 g/mol. The molecular formula is C16H19ClFNO. The lowest BCUT2D eigenvalue weighted by Gasteiger charge is -2.37. The summed E-state index contributed by atoms with van der Waals surface area (Å²) in [6.07, 6.45) is 6.09. The Hall–Kier alpha value is -0.930. The largest absolute Gasteiger partial charge is 0.292 e. The maximum Gasteiger partial charge on any atom is 0.186 e. The van der Waals surface area contributed by atoms with Crippen molar-refractivity contribution in [2.45, 2.75) is 44.1 Å². The zero-order valence-corrected chi connectivity index (χ0v) is 12.3. The normalized spacial score (nSPS) is 22.3. The number of likely N-dealkylation sites (tertiary alicyclic amines) is 1. The molecule has 0 N–H and O–H groups in total. The summed E-state index contributed by atoms with van der Waals surface area (Å²) in [6.45, 7) is 1.92. The van der Waals surface area contributed by atoms with Crippen LogP contribution in [-0.2, 0) is 0 Å². The highest BCUT2D eigenvalue weighted by Gasteiger charge is 2.47. The SMILES string of the molecule is O=C(c1ccc(Cl)cc1F)C1(N2CCCC2)CCCC1. The van der Waals surface area contributed by atoms with Crippen LogP contribution in [0.3, 0.4) is 0 Å². The number of hydrogen-bond donors (Lipinski definition) is 0. The Labute approximate surface area is 123 Å². The Kier molecular flexibility index (Phi) is 3.83. The molecule has 1 saturated carbocycles. The minimum Gasteiger partial charge on any atom is -0.292 e. The van der Waals surface area contributed by atoms with Gasteiger partial charge in [0.05, 0.1) is 11.1 Å². The smallest absolute Gasteiger partial charge is 0.186 e. The standard InChI is InChI=1S/C16H19ClFNO/c17-12-5-6-13(14(18)11-12)15(20)16(7-1-2-8-16)19-9-3-4-10-19/h5-6,11H,1-4,7-10H2. The van der Waals surface area contributed by atoms with Crippen LogP contribution in [0.5, 0.6) is 0 Å². The van der Waals surface area contributed by atoms with E-state index in [9.17, 15) is 9.18 Å². The molecule has 1 aliphatic carbocycles. The fourth-order valence-electron chi connectivity index (χ4n) is 3.72. The molecule has 1 aliphatic heterocycles. The van der Waals surface area contributed by atoms with Gasteiger partial charge in [-0.05, 0) is 57.0 Å². The van der Waals surface area contributed by atoms with E-state index >= 15 is 0 Å². The second-order valence-electron chi connectivity index (χ2n) is 5.89. The number of benzene rings is 1. The first-order valence-corrected chi connectivity index (χ1v) is 7.76. The predicted octanol–water partition coefficient (Wildman–Crippen LogP) is 4.07. The van der Waals surface area contributed by atoms with Crippen molar-refractivity contribution >= 4 is 17.4 Å². The van der Waals surface area contributed by atoms with Crippen LogP contribution >= 0.6 is 11.6 Å². The van der Waals surface area contributed by atoms with Crippen LogP contribution < -0.4 is 0 Å². The van der Waals surface area contributed by atoms with Crippen LogP contribution in [0.2, 0.25) is 5.02 Å². The minimum atomic E-state index is -0.493. The first-order chi connectivity index (χ1) is 9.63. The number of carbonyl (C=O) groups excluding carboxylic acids is 1. The monoisotopic (exact) mass is 295 g/mol. The zero-order chi connectivity index (χ0) is 14.2. The molecule has 0 unspecified atom stereocenters. The third-order valence-electron chi connectivity index (χ3n) is 4.74. The number of ketones is 1. The molecule has 0 radical (unpaired) electrons. The van der Waals surface area contributed by atoms with Gasteiger partial charge in [-0.25, -0.2) is 4.39 Å². The van der Waals surface area contributed by atoms with Gasteiger partial charge < -0.3 is 0 Å². The highest BCUT2D eigenvalue weighted by Crippen LogP contribution is 2.40. The lowest BCUT2D eigenvalue weighted by molar-refractivity contribution is 0.0622. The van der Waals surface area contributed by atoms with Gasteiger partial charge in [-0.15, -0.1) is 0 Å². The van der Waals surface area contributed by atoms with E-state index < -0.39 is 11.4 Å². The summed E-state index contributed by atoms with van der Waals surface area (Å²) in [4.78, 5) is 15.3. The number of hydrogen-bond acceptors (Lipinski definition) is 2. The third kappa shape index (κ3) is 2.27. The van der Waals surface area contributed by atoms with Crippen LogP contribution in [0.15, 0.2) is 18.2 Å². The number of Topliss-reactive ketones (excluding diaryl/α,β-unsaturated/α-hetero) is 1. The quantitative estimate of drug-likeness (QED) is 0.784. The van der Waals surface area contributed by atoms with Crippen molar-refractivity contribution in [2.75, 3.05) is 13.1 Å². The second-order valence-corrected chi connectivity index (χ2v) is 6.32. The summed E-state index contributed by atoms with van der Waals surface area (Å²) in [7, 11) is 0. The molecule has 0 aromatic heterocycles. The van der Waals surface area contributed by atoms with E-state index in [4.69, 9.17) is 11.6 Å². The lowest BCUT2D eigenvalue weighted by Crippen LogP contribution is -2.51. The Morgan fingerprint density at radius 2 is 1.80 bits per heavy atom. The summed E-state index contributed by atoms with van der Waals surface area (Å²) in [5, 5.41) is 0.334. The van der Waals surface area contributed by atoms with Crippen LogP contribution in [-0.4, -0.2) is 29.3 Å². The van der Waals surface area contributed by atoms with Gasteiger partial charge >= 0.3 is 0 Å². The van der Waals surface area contributed by atoms with E-state index in [-0.39, 0.29) is 11.3 Å². The molecule has 1 heterocycles. The predicted molar refractivity (Wildman–Crippen MR) is 77.7 cm³/mol. The average Bonchev–Trinajstić information content (AvgIpc) is 3.10. The van der Waals surface area contributed by atoms with Gasteiger partial charge in [-0.1, -0.05) is 24.4 Å². The Morgan fingerprint density at radius 3 is 2.40 bits per heavy atom. The molecule has 20 heavy (non-hydrogen) atoms. The van der Waals surface area contributed by atoms with Gasteiger partial charge in [-0.2, -0.15) is 0 Å². The van der Waals surface area contributed by atoms with Crippen molar-refractivity contribution in [3.8, 4) is 0 Å². The van der Waals surface area contributed by atoms with Gasteiger partial charge in [0.2, 0.25) is 0 Å². The van der Waals surface area contributed by atoms with Gasteiger partial charge in [0.15, 0.2) is 5.78 Å². The molecule has 2 fully saturated rings. The van der Waals surface area contributed by atoms with E-state index in [0.29, 0.717) is 5.02 Å². The van der Waals surface area contributed by atoms with Crippen molar-refractivity contribution in [3.63, 3.8) is 0 Å².